The van der Waals surface area contributed by atoms with Crippen LogP contribution >= 0.6 is 0 Å². The summed E-state index contributed by atoms with van der Waals surface area (Å²) in [7, 11) is 2.23. The van der Waals surface area contributed by atoms with Crippen LogP contribution in [0.2, 0.25) is 5.02 Å². The van der Waals surface area contributed by atoms with Crippen LogP contribution in [-0.4, -0.2) is 6.38 Å². The molecule has 0 saturated heterocycles. The van der Waals surface area contributed by atoms with Gasteiger partial charge in [0.1, 0.15) is 0 Å². The maximum atomic E-state index is 2.23. The molecule has 0 atom stereocenters. The van der Waals surface area contributed by atoms with Gasteiger partial charge in [-0.2, -0.15) is 0 Å². The minimum absolute atomic E-state index is 1.27. The number of alkyl halides is 1. The largest absolute Gasteiger partial charge is 0.228 e. The van der Waals surface area contributed by atoms with Crippen LogP contribution in [0, 0.1) is 10.8 Å². The molecule has 60 valence electrons. The lowest BCUT2D eigenvalue weighted by Crippen LogP contribution is -1.77. The SMILES string of the molecule is C[Cl+]c1ccc2ccccc2c1. The van der Waals surface area contributed by atoms with E-state index in [1.54, 1.807) is 0 Å². The number of halogens is 1. The second-order valence-electron chi connectivity index (χ2n) is 2.68. The van der Waals surface area contributed by atoms with Crippen molar-refractivity contribution in [1.82, 2.24) is 0 Å². The van der Waals surface area contributed by atoms with Crippen LogP contribution in [0.25, 0.3) is 10.8 Å². The minimum Gasteiger partial charge on any atom is -0.0616 e. The smallest absolute Gasteiger partial charge is 0.0616 e. The fourth-order valence-electron chi connectivity index (χ4n) is 1.28. The molecule has 0 heterocycles. The summed E-state index contributed by atoms with van der Waals surface area (Å²) < 4.78 is 0. The third-order valence-corrected chi connectivity index (χ3v) is 2.60. The lowest BCUT2D eigenvalue weighted by atomic mass is 10.1. The van der Waals surface area contributed by atoms with Crippen molar-refractivity contribution in [3.05, 3.63) is 47.5 Å². The van der Waals surface area contributed by atoms with Crippen molar-refractivity contribution >= 4 is 10.8 Å². The van der Waals surface area contributed by atoms with Gasteiger partial charge in [-0.3, -0.25) is 0 Å². The number of hydrogen-bond acceptors (Lipinski definition) is 0. The molecule has 0 radical (unpaired) electrons. The summed E-state index contributed by atoms with van der Waals surface area (Å²) >= 11 is 0. The summed E-state index contributed by atoms with van der Waals surface area (Å²) in [5.74, 6) is 0. The average Bonchev–Trinajstić information content (AvgIpc) is 2.17. The minimum atomic E-state index is 1.27. The lowest BCUT2D eigenvalue weighted by Gasteiger charge is -1.93. The van der Waals surface area contributed by atoms with Crippen LogP contribution in [0.3, 0.4) is 0 Å². The van der Waals surface area contributed by atoms with Gasteiger partial charge in [-0.25, -0.2) is 0 Å². The first kappa shape index (κ1) is 7.63. The molecule has 0 N–H and O–H groups in total. The van der Waals surface area contributed by atoms with Gasteiger partial charge in [0.25, 0.3) is 0 Å². The van der Waals surface area contributed by atoms with Gasteiger partial charge in [0.2, 0.25) is 5.02 Å². The summed E-state index contributed by atoms with van der Waals surface area (Å²) in [4.78, 5) is 0. The van der Waals surface area contributed by atoms with Crippen LogP contribution in [0.15, 0.2) is 42.5 Å². The first-order valence-electron chi connectivity index (χ1n) is 3.88. The lowest BCUT2D eigenvalue weighted by molar-refractivity contribution is -0.566. The van der Waals surface area contributed by atoms with E-state index in [0.717, 1.165) is 0 Å². The van der Waals surface area contributed by atoms with Gasteiger partial charge in [0, 0.05) is 12.1 Å². The molecule has 0 aromatic heterocycles. The molecule has 12 heavy (non-hydrogen) atoms. The molecule has 0 fully saturated rings. The Balaban J connectivity index is 2.67. The Kier molecular flexibility index (Phi) is 2.01. The van der Waals surface area contributed by atoms with Gasteiger partial charge >= 0.3 is 0 Å². The highest BCUT2D eigenvalue weighted by atomic mass is 35.5. The molecule has 0 spiro atoms. The van der Waals surface area contributed by atoms with Crippen LogP contribution < -0.4 is 0 Å². The third-order valence-electron chi connectivity index (χ3n) is 1.93. The van der Waals surface area contributed by atoms with E-state index in [4.69, 9.17) is 0 Å². The highest BCUT2D eigenvalue weighted by molar-refractivity contribution is 5.82. The van der Waals surface area contributed by atoms with E-state index >= 15 is 0 Å². The van der Waals surface area contributed by atoms with Gasteiger partial charge in [-0.15, -0.1) is 0 Å². The Morgan fingerprint density at radius 2 is 1.67 bits per heavy atom. The fraction of sp³-hybridized carbons (Fsp3) is 0.0909. The molecule has 0 nitrogen and oxygen atoms in total. The molecule has 0 amide bonds. The van der Waals surface area contributed by atoms with Crippen LogP contribution in [-0.2, 0) is 0 Å². The molecule has 0 aliphatic carbocycles. The van der Waals surface area contributed by atoms with E-state index in [1.807, 2.05) is 6.38 Å². The van der Waals surface area contributed by atoms with Crippen molar-refractivity contribution in [2.75, 3.05) is 6.38 Å². The normalized spacial score (nSPS) is 10.4. The zero-order valence-corrected chi connectivity index (χ0v) is 7.68. The maximum Gasteiger partial charge on any atom is 0.228 e. The summed E-state index contributed by atoms with van der Waals surface area (Å²) in [6.07, 6.45) is 2.05. The predicted molar refractivity (Wildman–Crippen MR) is 49.0 cm³/mol. The van der Waals surface area contributed by atoms with Crippen LogP contribution in [0.5, 0.6) is 0 Å². The summed E-state index contributed by atoms with van der Waals surface area (Å²) in [6.45, 7) is 0. The number of rotatable bonds is 1. The quantitative estimate of drug-likeness (QED) is 0.588. The van der Waals surface area contributed by atoms with Gasteiger partial charge in [-0.05, 0) is 16.8 Å². The predicted octanol–water partition coefficient (Wildman–Crippen LogP) is 2.97. The number of benzene rings is 2. The van der Waals surface area contributed by atoms with Crippen molar-refractivity contribution in [3.63, 3.8) is 0 Å². The fourth-order valence-corrected chi connectivity index (χ4v) is 1.69. The maximum absolute atomic E-state index is 2.23. The van der Waals surface area contributed by atoms with Crippen molar-refractivity contribution in [2.45, 2.75) is 0 Å². The topological polar surface area (TPSA) is 0 Å². The highest BCUT2D eigenvalue weighted by Crippen LogP contribution is 2.16. The molecule has 2 aromatic carbocycles. The highest BCUT2D eigenvalue weighted by Gasteiger charge is 2.02. The Morgan fingerprint density at radius 1 is 0.917 bits per heavy atom. The molecule has 0 aliphatic rings. The molecule has 0 bridgehead atoms. The standard InChI is InChI=1S/C11H10Cl/c1-12-11-7-6-9-4-2-3-5-10(9)8-11/h2-8H,1H3/q+1. The molecular formula is C11H10Cl+. The second kappa shape index (κ2) is 3.16. The van der Waals surface area contributed by atoms with Gasteiger partial charge in [0.05, 0.1) is 0 Å². The summed E-state index contributed by atoms with van der Waals surface area (Å²) in [6, 6.07) is 14.9. The van der Waals surface area contributed by atoms with Crippen molar-refractivity contribution in [1.29, 1.82) is 0 Å². The molecule has 2 aromatic rings. The molecular weight excluding hydrogens is 168 g/mol. The van der Waals surface area contributed by atoms with Gasteiger partial charge in [-0.1, -0.05) is 24.3 Å². The molecule has 0 saturated carbocycles. The number of hydrogen-bond donors (Lipinski definition) is 0. The van der Waals surface area contributed by atoms with E-state index in [-0.39, 0.29) is 0 Å². The zero-order valence-electron chi connectivity index (χ0n) is 6.92. The first-order valence-corrected chi connectivity index (χ1v) is 5.02. The molecule has 2 rings (SSSR count). The first-order chi connectivity index (χ1) is 5.90. The van der Waals surface area contributed by atoms with Crippen LogP contribution in [0.1, 0.15) is 0 Å². The van der Waals surface area contributed by atoms with Crippen molar-refractivity contribution in [2.24, 2.45) is 0 Å². The van der Waals surface area contributed by atoms with Crippen molar-refractivity contribution < 1.29 is 10.8 Å². The van der Waals surface area contributed by atoms with Crippen LogP contribution in [0.4, 0.5) is 0 Å². The second-order valence-corrected chi connectivity index (χ2v) is 3.49. The summed E-state index contributed by atoms with van der Waals surface area (Å²) in [5, 5.41) is 3.89. The van der Waals surface area contributed by atoms with E-state index in [2.05, 4.69) is 53.3 Å². The third kappa shape index (κ3) is 1.30. The van der Waals surface area contributed by atoms with Gasteiger partial charge < -0.3 is 0 Å². The van der Waals surface area contributed by atoms with E-state index < -0.39 is 0 Å². The number of fused-ring (bicyclic) bond motifs is 1. The van der Waals surface area contributed by atoms with Gasteiger partial charge in [0.15, 0.2) is 17.2 Å². The molecule has 0 unspecified atom stereocenters. The van der Waals surface area contributed by atoms with E-state index in [0.29, 0.717) is 0 Å². The Labute approximate surface area is 75.9 Å². The molecule has 1 heteroatoms. The van der Waals surface area contributed by atoms with Crippen molar-refractivity contribution in [3.8, 4) is 0 Å². The Bertz CT molecular complexity index is 393. The van der Waals surface area contributed by atoms with E-state index in [1.165, 1.54) is 15.8 Å². The average molecular weight is 178 g/mol. The zero-order chi connectivity index (χ0) is 8.39. The summed E-state index contributed by atoms with van der Waals surface area (Å²) in [5.41, 5.74) is 0. The molecule has 0 aliphatic heterocycles. The Morgan fingerprint density at radius 3 is 2.42 bits per heavy atom. The van der Waals surface area contributed by atoms with E-state index in [9.17, 15) is 0 Å². The monoisotopic (exact) mass is 177 g/mol. The Hall–Kier alpha value is -1.01.